The van der Waals surface area contributed by atoms with E-state index in [1.165, 1.54) is 34.6 Å². The minimum atomic E-state index is -0.864. The molecule has 34 heteroatoms. The smallest absolute Gasteiger partial charge is 0.410 e. The first kappa shape index (κ1) is 107. The molecule has 0 bridgehead atoms. The van der Waals surface area contributed by atoms with Crippen molar-refractivity contribution in [3.05, 3.63) is 344 Å². The van der Waals surface area contributed by atoms with Gasteiger partial charge in [-0.15, -0.1) is 0 Å². The van der Waals surface area contributed by atoms with Crippen molar-refractivity contribution in [2.45, 2.75) is 44.4 Å². The van der Waals surface area contributed by atoms with Crippen LogP contribution in [0.2, 0.25) is 20.1 Å². The number of anilines is 8. The lowest BCUT2D eigenvalue weighted by atomic mass is 10.1. The number of allylic oxidation sites excluding steroid dienone is 4. The average Bonchev–Trinajstić information content (AvgIpc) is 1.71. The number of amides is 2. The second kappa shape index (κ2) is 51.7. The number of hydrogen-bond donors (Lipinski definition) is 7. The molecule has 750 valence electrons. The molecule has 4 atom stereocenters. The highest BCUT2D eigenvalue weighted by Gasteiger charge is 2.32. The number of hydrogen-bond acceptors (Lipinski definition) is 22. The lowest BCUT2D eigenvalue weighted by molar-refractivity contribution is -0.133. The zero-order chi connectivity index (χ0) is 98.3. The topological polar surface area (TPSA) is 227 Å². The van der Waals surface area contributed by atoms with Crippen LogP contribution in [0.5, 0.6) is 28.7 Å². The van der Waals surface area contributed by atoms with Gasteiger partial charge in [-0.1, -0.05) is 133 Å². The van der Waals surface area contributed by atoms with Gasteiger partial charge in [0.1, 0.15) is 60.8 Å². The Morgan fingerprint density at radius 1 is 0.451 bits per heavy atom. The van der Waals surface area contributed by atoms with Crippen LogP contribution < -0.4 is 64.6 Å². The number of aliphatic hydroxyl groups excluding tert-OH is 3. The number of carbonyl (C=O) groups is 2. The Morgan fingerprint density at radius 2 is 0.887 bits per heavy atom. The fourth-order valence-corrected chi connectivity index (χ4v) is 17.6. The number of benzene rings is 10. The molecule has 10 aromatic rings. The second-order valence-corrected chi connectivity index (χ2v) is 36.9. The SMILES string of the molecule is C=C1C=Cc2cc(OC[C@@H](O)CN3CCN(c4ccc(Cl)cc4)CC3)ccc2N1.C=C1C=Cc2cc(OC[C@@H](O)CN3CCN(c4ccc(F)c(F)c4)CC3)ccc2N1.C=C1Cc2ccc(OCC(=O)N3CCN(c4ccc(F)c(F)c4)CC3)cc2N1.C=C1Cc2ccc(O[C@@H](O)CN3CCN(c4ccc(Cl)cc4)CC3)cc2N1.Cc1ccc(OC[C@@H]2CN(C/C=C/c3ccc(Cl)c(Cl)c3)C(=O)O2)cc1.S.S. The van der Waals surface area contributed by atoms with Crippen molar-refractivity contribution in [2.75, 3.05) is 205 Å². The van der Waals surface area contributed by atoms with Gasteiger partial charge < -0.3 is 94.4 Å². The van der Waals surface area contributed by atoms with E-state index in [0.29, 0.717) is 117 Å². The first-order chi connectivity index (χ1) is 67.6. The number of aryl methyl sites for hydroxylation is 1. The number of rotatable bonds is 27. The van der Waals surface area contributed by atoms with E-state index in [1.54, 1.807) is 34.1 Å². The van der Waals surface area contributed by atoms with Crippen LogP contribution in [0.4, 0.5) is 67.9 Å². The number of nitrogens with zero attached hydrogens (tertiary/aromatic N) is 9. The van der Waals surface area contributed by atoms with E-state index in [9.17, 15) is 42.5 Å². The normalized spacial score (nSPS) is 17.0. The number of ether oxygens (including phenoxy) is 6. The fourth-order valence-electron chi connectivity index (χ4n) is 17.1. The van der Waals surface area contributed by atoms with Crippen LogP contribution in [0.3, 0.4) is 0 Å². The van der Waals surface area contributed by atoms with E-state index in [4.69, 9.17) is 74.8 Å². The molecule has 7 N–H and O–H groups in total. The molecule has 5 fully saturated rings. The molecule has 9 aliphatic heterocycles. The molecule has 19 rings (SSSR count). The molecule has 2 amide bonds. The molecule has 9 aliphatic rings. The van der Waals surface area contributed by atoms with E-state index in [1.807, 2.05) is 193 Å². The summed E-state index contributed by atoms with van der Waals surface area (Å²) in [6.07, 6.45) is 10.7. The maximum Gasteiger partial charge on any atom is 0.410 e. The third kappa shape index (κ3) is 31.2. The van der Waals surface area contributed by atoms with E-state index >= 15 is 0 Å². The standard InChI is InChI=1S/C23H26ClN3O2.C23H25F2N3O2.C21H24ClN3O2.C21H21F2N3O2.C20H19Cl2NO3.2H2S/c1-17-2-3-18-14-22(8-9-23(18)25-17)29-16-21(28)15-26-10-12-27(13-11-26)20-6-4-19(24)5-7-20;1-16-2-3-17-12-20(5-7-23(17)26-16)30-15-19(29)14-27-8-10-28(11-9-27)18-4-6-21(24)22(25)13-18;1-15-12-16-2-7-19(13-20(16)23-15)27-21(26)14-24-8-10-25(11-9-24)18-5-3-17(22)4-6-18;1-14-10-15-2-4-17(12-20(15)24-14)28-13-21(27)26-8-6-25(7-9-26)16-3-5-18(22)19(23)11-16;1-14-4-7-16(8-5-14)25-13-17-12-23(20(24)26-17)10-2-3-15-6-9-18(21)19(22)11-15;;/h2-9,14,21,25,28H,1,10-13,15-16H2;2-7,12-13,19,26,29H,1,8-11,14-15H2;2-7,13,21,23,26H,1,8-12,14H2;2-5,11-12,24H,1,6-10,13H2;2-9,11,17H,10,12-13H2,1H3;2*1H2/b;;;;3-2+;;/t21-;19-;21-;;17-;;/m001.0../s1. The first-order valence-electron chi connectivity index (χ1n) is 46.5. The Morgan fingerprint density at radius 3 is 1.37 bits per heavy atom. The number of β-amino-alcohol motifs (C(OH)–C–C–N with tert-alkyl or cyclic N) is 3. The van der Waals surface area contributed by atoms with Crippen LogP contribution in [-0.4, -0.2) is 240 Å². The average molecular weight is 2060 g/mol. The molecule has 0 radical (unpaired) electrons. The zero-order valence-electron chi connectivity index (χ0n) is 78.9. The summed E-state index contributed by atoms with van der Waals surface area (Å²) in [4.78, 5) is 43.1. The van der Waals surface area contributed by atoms with Crippen LogP contribution in [0.25, 0.3) is 18.2 Å². The summed E-state index contributed by atoms with van der Waals surface area (Å²) < 4.78 is 87.1. The molecule has 5 saturated heterocycles. The summed E-state index contributed by atoms with van der Waals surface area (Å²) in [6.45, 7) is 33.3. The Hall–Kier alpha value is -12.1. The van der Waals surface area contributed by atoms with Crippen LogP contribution in [-0.2, 0) is 22.4 Å². The summed E-state index contributed by atoms with van der Waals surface area (Å²) >= 11 is 23.8. The number of carbonyl (C=O) groups excluding carboxylic acids is 2. The van der Waals surface area contributed by atoms with Crippen molar-refractivity contribution < 1.29 is 70.9 Å². The second-order valence-electron chi connectivity index (χ2n) is 35.2. The van der Waals surface area contributed by atoms with Gasteiger partial charge in [0.15, 0.2) is 36.0 Å². The highest BCUT2D eigenvalue weighted by atomic mass is 35.5. The summed E-state index contributed by atoms with van der Waals surface area (Å²) in [7, 11) is 0. The maximum atomic E-state index is 13.4. The first-order valence-corrected chi connectivity index (χ1v) is 48.1. The summed E-state index contributed by atoms with van der Waals surface area (Å²) in [6, 6.07) is 60.0. The van der Waals surface area contributed by atoms with Crippen LogP contribution in [0.15, 0.2) is 268 Å². The molecule has 0 aliphatic carbocycles. The molecule has 0 unspecified atom stereocenters. The Bertz CT molecular complexity index is 6110. The van der Waals surface area contributed by atoms with Gasteiger partial charge in [-0.2, -0.15) is 27.0 Å². The number of piperazine rings is 4. The molecule has 24 nitrogen and oxygen atoms in total. The number of fused-ring (bicyclic) bond motifs is 4. The minimum Gasteiger partial charge on any atom is -0.491 e. The van der Waals surface area contributed by atoms with Crippen molar-refractivity contribution in [3.63, 3.8) is 0 Å². The molecular weight excluding hydrogens is 1940 g/mol. The van der Waals surface area contributed by atoms with Gasteiger partial charge in [-0.3, -0.25) is 19.5 Å². The Labute approximate surface area is 860 Å². The lowest BCUT2D eigenvalue weighted by Crippen LogP contribution is -2.50. The number of aliphatic hydroxyl groups is 3. The number of nitrogens with one attached hydrogen (secondary N) is 4. The lowest BCUT2D eigenvalue weighted by Gasteiger charge is -2.36. The quantitative estimate of drug-likeness (QED) is 0.0188. The van der Waals surface area contributed by atoms with Gasteiger partial charge in [0.25, 0.3) is 5.91 Å². The highest BCUT2D eigenvalue weighted by Crippen LogP contribution is 2.36. The molecule has 10 aromatic carbocycles. The predicted octanol–water partition coefficient (Wildman–Crippen LogP) is 19.3. The highest BCUT2D eigenvalue weighted by molar-refractivity contribution is 7.59. The van der Waals surface area contributed by atoms with Gasteiger partial charge in [0.05, 0.1) is 23.1 Å². The van der Waals surface area contributed by atoms with Crippen molar-refractivity contribution in [1.82, 2.24) is 24.5 Å². The van der Waals surface area contributed by atoms with Gasteiger partial charge in [0.2, 0.25) is 6.29 Å². The zero-order valence-corrected chi connectivity index (χ0v) is 83.9. The third-order valence-corrected chi connectivity index (χ3v) is 25.9. The maximum absolute atomic E-state index is 13.4. The minimum absolute atomic E-state index is 0. The summed E-state index contributed by atoms with van der Waals surface area (Å²) in [5.41, 5.74) is 17.8. The summed E-state index contributed by atoms with van der Waals surface area (Å²) in [5.74, 6) is 0.0466. The molecule has 0 aromatic heterocycles. The number of halogens is 8. The summed E-state index contributed by atoms with van der Waals surface area (Å²) in [5, 5.41) is 46.5. The molecule has 0 spiro atoms. The largest absolute Gasteiger partial charge is 0.491 e. The van der Waals surface area contributed by atoms with Crippen molar-refractivity contribution >= 4 is 149 Å². The predicted molar refractivity (Wildman–Crippen MR) is 573 cm³/mol. The van der Waals surface area contributed by atoms with Gasteiger partial charge in [-0.25, -0.2) is 22.4 Å². The Balaban J connectivity index is 0.000000149. The van der Waals surface area contributed by atoms with Crippen molar-refractivity contribution in [2.24, 2.45) is 0 Å². The molecular formula is C108H119Cl4F4N13O11S2. The fraction of sp³-hybridized carbons (Fsp3) is 0.296. The van der Waals surface area contributed by atoms with E-state index in [2.05, 4.69) is 84.2 Å². The molecule has 0 saturated carbocycles. The van der Waals surface area contributed by atoms with E-state index in [0.717, 1.165) is 180 Å². The van der Waals surface area contributed by atoms with Gasteiger partial charge >= 0.3 is 6.09 Å². The third-order valence-electron chi connectivity index (χ3n) is 24.7. The Kier molecular flexibility index (Phi) is 39.0. The van der Waals surface area contributed by atoms with Crippen LogP contribution >= 0.6 is 73.4 Å². The molecule has 142 heavy (non-hydrogen) atoms. The van der Waals surface area contributed by atoms with Crippen molar-refractivity contribution in [1.29, 1.82) is 0 Å². The van der Waals surface area contributed by atoms with Crippen molar-refractivity contribution in [3.8, 4) is 28.7 Å². The number of cyclic esters (lactones) is 1. The van der Waals surface area contributed by atoms with Crippen LogP contribution in [0.1, 0.15) is 33.4 Å². The van der Waals surface area contributed by atoms with Gasteiger partial charge in [-0.05, 0) is 181 Å². The van der Waals surface area contributed by atoms with E-state index in [-0.39, 0.29) is 64.9 Å². The molecule has 9 heterocycles. The van der Waals surface area contributed by atoms with E-state index < -0.39 is 41.8 Å². The van der Waals surface area contributed by atoms with Crippen LogP contribution in [0, 0.1) is 30.2 Å². The van der Waals surface area contributed by atoms with Gasteiger partial charge in [0, 0.05) is 251 Å². The monoisotopic (exact) mass is 2050 g/mol.